The summed E-state index contributed by atoms with van der Waals surface area (Å²) < 4.78 is 0. The Morgan fingerprint density at radius 2 is 1.94 bits per heavy atom. The van der Waals surface area contributed by atoms with Crippen LogP contribution in [0.2, 0.25) is 0 Å². The van der Waals surface area contributed by atoms with Crippen molar-refractivity contribution in [3.8, 4) is 0 Å². The van der Waals surface area contributed by atoms with Crippen LogP contribution in [0.1, 0.15) is 0 Å². The maximum atomic E-state index is 10.9. The van der Waals surface area contributed by atoms with E-state index in [2.05, 4.69) is 5.32 Å². The normalized spacial score (nSPS) is 9.71. The second-order valence-corrected chi connectivity index (χ2v) is 2.92. The molecule has 0 aliphatic rings. The lowest BCUT2D eigenvalue weighted by Gasteiger charge is -2.03. The fraction of sp³-hybridized carbons (Fsp3) is 0.125. The van der Waals surface area contributed by atoms with Gasteiger partial charge >= 0.3 is 0 Å². The Morgan fingerprint density at radius 3 is 2.41 bits per heavy atom. The Labute approximate surface area is 94.0 Å². The van der Waals surface area contributed by atoms with Crippen molar-refractivity contribution in [1.82, 2.24) is 0 Å². The molecule has 0 saturated carbocycles. The second-order valence-electron chi connectivity index (χ2n) is 2.92. The molecule has 90 valence electrons. The molecule has 0 spiro atoms. The number of aliphatic hydroxyl groups excluding tert-OH is 1. The number of rotatable bonds is 4. The van der Waals surface area contributed by atoms with E-state index in [-0.39, 0.29) is 5.69 Å². The topological polar surface area (TPSA) is 136 Å². The molecule has 0 atom stereocenters. The molecule has 0 fully saturated rings. The highest BCUT2D eigenvalue weighted by atomic mass is 16.6. The molecule has 17 heavy (non-hydrogen) atoms. The summed E-state index contributed by atoms with van der Waals surface area (Å²) in [7, 11) is 0. The van der Waals surface area contributed by atoms with Crippen LogP contribution >= 0.6 is 0 Å². The van der Waals surface area contributed by atoms with E-state index >= 15 is 0 Å². The number of nitro benzene ring substituents is 2. The Hall–Kier alpha value is -2.55. The Balaban J connectivity index is 3.17. The van der Waals surface area contributed by atoms with Gasteiger partial charge < -0.3 is 10.4 Å². The largest absolute Gasteiger partial charge is 0.387 e. The Morgan fingerprint density at radius 1 is 1.29 bits per heavy atom. The SMILES string of the molecule is O=C(CO)Nc1ccc([N+](=O)[O-])cc1[N+](=O)[O-]. The molecule has 0 heterocycles. The molecule has 0 unspecified atom stereocenters. The minimum atomic E-state index is -0.861. The number of anilines is 1. The van der Waals surface area contributed by atoms with Crippen LogP contribution in [0.4, 0.5) is 17.1 Å². The van der Waals surface area contributed by atoms with Crippen LogP contribution in [0, 0.1) is 20.2 Å². The van der Waals surface area contributed by atoms with Gasteiger partial charge in [-0.1, -0.05) is 0 Å². The van der Waals surface area contributed by atoms with Crippen LogP contribution in [-0.2, 0) is 4.79 Å². The van der Waals surface area contributed by atoms with E-state index in [0.29, 0.717) is 0 Å². The van der Waals surface area contributed by atoms with Crippen LogP contribution in [0.5, 0.6) is 0 Å². The summed E-state index contributed by atoms with van der Waals surface area (Å²) >= 11 is 0. The van der Waals surface area contributed by atoms with Crippen LogP contribution in [0.15, 0.2) is 18.2 Å². The first kappa shape index (κ1) is 12.5. The third kappa shape index (κ3) is 2.95. The highest BCUT2D eigenvalue weighted by molar-refractivity contribution is 5.94. The Bertz CT molecular complexity index is 486. The molecule has 1 aromatic rings. The van der Waals surface area contributed by atoms with E-state index < -0.39 is 33.7 Å². The lowest BCUT2D eigenvalue weighted by molar-refractivity contribution is -0.393. The number of carbonyl (C=O) groups is 1. The van der Waals surface area contributed by atoms with Gasteiger partial charge in [0, 0.05) is 6.07 Å². The third-order valence-corrected chi connectivity index (χ3v) is 1.81. The van der Waals surface area contributed by atoms with E-state index in [0.717, 1.165) is 18.2 Å². The number of nitrogens with zero attached hydrogens (tertiary/aromatic N) is 2. The fourth-order valence-electron chi connectivity index (χ4n) is 1.08. The van der Waals surface area contributed by atoms with E-state index in [1.165, 1.54) is 0 Å². The van der Waals surface area contributed by atoms with Gasteiger partial charge in [-0.05, 0) is 6.07 Å². The van der Waals surface area contributed by atoms with Crippen LogP contribution < -0.4 is 5.32 Å². The zero-order chi connectivity index (χ0) is 13.0. The highest BCUT2D eigenvalue weighted by Crippen LogP contribution is 2.28. The van der Waals surface area contributed by atoms with Gasteiger partial charge in [0.1, 0.15) is 12.3 Å². The minimum Gasteiger partial charge on any atom is -0.387 e. The summed E-state index contributed by atoms with van der Waals surface area (Å²) in [6, 6.07) is 2.77. The average Bonchev–Trinajstić information content (AvgIpc) is 2.28. The lowest BCUT2D eigenvalue weighted by atomic mass is 10.2. The molecule has 0 saturated heterocycles. The van der Waals surface area contributed by atoms with Crippen molar-refractivity contribution in [2.45, 2.75) is 0 Å². The standard InChI is InChI=1S/C8H7N3O6/c12-4-8(13)9-6-2-1-5(10(14)15)3-7(6)11(16)17/h1-3,12H,4H2,(H,9,13). The maximum Gasteiger partial charge on any atom is 0.299 e. The molecule has 9 heteroatoms. The van der Waals surface area contributed by atoms with E-state index in [1.807, 2.05) is 0 Å². The molecular formula is C8H7N3O6. The number of non-ortho nitro benzene ring substituents is 1. The number of amides is 1. The van der Waals surface area contributed by atoms with Crippen molar-refractivity contribution in [3.05, 3.63) is 38.4 Å². The molecule has 0 aliphatic carbocycles. The molecule has 9 nitrogen and oxygen atoms in total. The first-order chi connectivity index (χ1) is 7.95. The summed E-state index contributed by atoms with van der Waals surface area (Å²) in [6.45, 7) is -0.839. The number of nitro groups is 2. The molecule has 1 rings (SSSR count). The summed E-state index contributed by atoms with van der Waals surface area (Å²) in [6.07, 6.45) is 0. The van der Waals surface area contributed by atoms with E-state index in [9.17, 15) is 25.0 Å². The van der Waals surface area contributed by atoms with Crippen molar-refractivity contribution in [3.63, 3.8) is 0 Å². The molecule has 0 radical (unpaired) electrons. The third-order valence-electron chi connectivity index (χ3n) is 1.81. The first-order valence-electron chi connectivity index (χ1n) is 4.29. The number of hydrogen-bond acceptors (Lipinski definition) is 6. The predicted molar refractivity (Wildman–Crippen MR) is 55.5 cm³/mol. The zero-order valence-electron chi connectivity index (χ0n) is 8.32. The predicted octanol–water partition coefficient (Wildman–Crippen LogP) is 0.434. The number of aliphatic hydroxyl groups is 1. The lowest BCUT2D eigenvalue weighted by Crippen LogP contribution is -2.16. The number of carbonyl (C=O) groups excluding carboxylic acids is 1. The highest BCUT2D eigenvalue weighted by Gasteiger charge is 2.20. The van der Waals surface area contributed by atoms with Crippen LogP contribution in [-0.4, -0.2) is 27.5 Å². The van der Waals surface area contributed by atoms with E-state index in [1.54, 1.807) is 0 Å². The van der Waals surface area contributed by atoms with Gasteiger partial charge in [-0.2, -0.15) is 0 Å². The summed E-state index contributed by atoms with van der Waals surface area (Å²) in [5.74, 6) is -0.845. The van der Waals surface area contributed by atoms with Crippen LogP contribution in [0.25, 0.3) is 0 Å². The number of benzene rings is 1. The van der Waals surface area contributed by atoms with Gasteiger partial charge in [0.2, 0.25) is 5.91 Å². The smallest absolute Gasteiger partial charge is 0.299 e. The molecule has 0 aliphatic heterocycles. The monoisotopic (exact) mass is 241 g/mol. The van der Waals surface area contributed by atoms with Gasteiger partial charge in [-0.15, -0.1) is 0 Å². The maximum absolute atomic E-state index is 10.9. The van der Waals surface area contributed by atoms with Crippen LogP contribution in [0.3, 0.4) is 0 Å². The van der Waals surface area contributed by atoms with E-state index in [4.69, 9.17) is 5.11 Å². The molecule has 0 aromatic heterocycles. The Kier molecular flexibility index (Phi) is 3.67. The number of hydrogen-bond donors (Lipinski definition) is 2. The average molecular weight is 241 g/mol. The fourth-order valence-corrected chi connectivity index (χ4v) is 1.08. The quantitative estimate of drug-likeness (QED) is 0.579. The second kappa shape index (κ2) is 4.99. The van der Waals surface area contributed by atoms with Crippen molar-refractivity contribution in [2.24, 2.45) is 0 Å². The summed E-state index contributed by atoms with van der Waals surface area (Å²) in [5, 5.41) is 31.6. The summed E-state index contributed by atoms with van der Waals surface area (Å²) in [4.78, 5) is 30.3. The van der Waals surface area contributed by atoms with Gasteiger partial charge in [0.15, 0.2) is 0 Å². The van der Waals surface area contributed by atoms with Crippen molar-refractivity contribution in [1.29, 1.82) is 0 Å². The van der Waals surface area contributed by atoms with Crippen molar-refractivity contribution < 1.29 is 19.7 Å². The first-order valence-corrected chi connectivity index (χ1v) is 4.29. The van der Waals surface area contributed by atoms with Gasteiger partial charge in [0.25, 0.3) is 11.4 Å². The van der Waals surface area contributed by atoms with Crippen molar-refractivity contribution >= 4 is 23.0 Å². The van der Waals surface area contributed by atoms with Gasteiger partial charge in [-0.3, -0.25) is 25.0 Å². The van der Waals surface area contributed by atoms with Crippen molar-refractivity contribution in [2.75, 3.05) is 11.9 Å². The zero-order valence-corrected chi connectivity index (χ0v) is 8.32. The number of nitrogens with one attached hydrogen (secondary N) is 1. The summed E-state index contributed by atoms with van der Waals surface area (Å²) in [5.41, 5.74) is -1.28. The molecule has 2 N–H and O–H groups in total. The molecule has 0 bridgehead atoms. The minimum absolute atomic E-state index is 0.209. The van der Waals surface area contributed by atoms with Gasteiger partial charge in [0.05, 0.1) is 15.9 Å². The molecular weight excluding hydrogens is 234 g/mol. The molecule has 1 amide bonds. The molecule has 1 aromatic carbocycles. The van der Waals surface area contributed by atoms with Gasteiger partial charge in [-0.25, -0.2) is 0 Å².